The second-order valence-electron chi connectivity index (χ2n) is 4.68. The topological polar surface area (TPSA) is 30.0 Å². The second-order valence-corrected chi connectivity index (χ2v) is 4.68. The molecule has 2 aliphatic rings. The first-order valence-electron chi connectivity index (χ1n) is 6.01. The lowest BCUT2D eigenvalue weighted by Crippen LogP contribution is -2.13. The molecule has 16 heavy (non-hydrogen) atoms. The van der Waals surface area contributed by atoms with E-state index in [9.17, 15) is 4.79 Å². The zero-order valence-electron chi connectivity index (χ0n) is 9.28. The molecular formula is C14H15NO. The molecule has 2 aliphatic carbocycles. The Labute approximate surface area is 95.4 Å². The monoisotopic (exact) mass is 213 g/mol. The molecule has 0 bridgehead atoms. The van der Waals surface area contributed by atoms with Gasteiger partial charge in [-0.3, -0.25) is 9.78 Å². The molecule has 0 spiro atoms. The number of fused-ring (bicyclic) bond motifs is 1. The molecule has 1 heterocycles. The van der Waals surface area contributed by atoms with Crippen molar-refractivity contribution in [1.82, 2.24) is 4.98 Å². The normalized spacial score (nSPS) is 24.1. The first-order chi connectivity index (χ1) is 7.84. The lowest BCUT2D eigenvalue weighted by atomic mass is 9.81. The fourth-order valence-corrected chi connectivity index (χ4v) is 2.86. The zero-order chi connectivity index (χ0) is 11.0. The van der Waals surface area contributed by atoms with Gasteiger partial charge in [0.1, 0.15) is 0 Å². The van der Waals surface area contributed by atoms with Crippen LogP contribution in [0.25, 0.3) is 0 Å². The number of hydrogen-bond donors (Lipinski definition) is 0. The Morgan fingerprint density at radius 2 is 2.19 bits per heavy atom. The van der Waals surface area contributed by atoms with Crippen LogP contribution >= 0.6 is 0 Å². The average Bonchev–Trinajstić information content (AvgIpc) is 2.75. The number of carbonyl (C=O) groups is 1. The Balaban J connectivity index is 1.99. The highest BCUT2D eigenvalue weighted by molar-refractivity contribution is 5.93. The van der Waals surface area contributed by atoms with Crippen molar-refractivity contribution < 1.29 is 4.79 Å². The molecule has 0 fully saturated rings. The molecule has 1 aromatic rings. The summed E-state index contributed by atoms with van der Waals surface area (Å²) in [6.07, 6.45) is 8.88. The van der Waals surface area contributed by atoms with Gasteiger partial charge >= 0.3 is 0 Å². The summed E-state index contributed by atoms with van der Waals surface area (Å²) in [4.78, 5) is 15.8. The van der Waals surface area contributed by atoms with Crippen LogP contribution in [-0.4, -0.2) is 10.8 Å². The highest BCUT2D eigenvalue weighted by atomic mass is 16.1. The molecule has 1 aromatic heterocycles. The summed E-state index contributed by atoms with van der Waals surface area (Å²) in [5.41, 5.74) is 3.90. The molecular weight excluding hydrogens is 198 g/mol. The third kappa shape index (κ3) is 1.58. The Morgan fingerprint density at radius 3 is 3.00 bits per heavy atom. The van der Waals surface area contributed by atoms with Crippen molar-refractivity contribution in [3.63, 3.8) is 0 Å². The Bertz CT molecular complexity index is 462. The van der Waals surface area contributed by atoms with Gasteiger partial charge in [-0.25, -0.2) is 0 Å². The van der Waals surface area contributed by atoms with Crippen LogP contribution in [-0.2, 0) is 11.2 Å². The van der Waals surface area contributed by atoms with Crippen LogP contribution in [0, 0.1) is 0 Å². The van der Waals surface area contributed by atoms with E-state index in [0.717, 1.165) is 19.3 Å². The van der Waals surface area contributed by atoms with Crippen LogP contribution in [0.5, 0.6) is 0 Å². The van der Waals surface area contributed by atoms with Crippen molar-refractivity contribution in [1.29, 1.82) is 0 Å². The highest BCUT2D eigenvalue weighted by Gasteiger charge is 2.27. The molecule has 1 atom stereocenters. The van der Waals surface area contributed by atoms with Gasteiger partial charge in [0, 0.05) is 18.5 Å². The second kappa shape index (κ2) is 3.85. The first-order valence-corrected chi connectivity index (χ1v) is 6.01. The number of ketones is 1. The number of pyridine rings is 1. The van der Waals surface area contributed by atoms with Gasteiger partial charge < -0.3 is 0 Å². The first kappa shape index (κ1) is 9.76. The van der Waals surface area contributed by atoms with E-state index in [4.69, 9.17) is 0 Å². The Morgan fingerprint density at radius 1 is 1.25 bits per heavy atom. The third-order valence-corrected chi connectivity index (χ3v) is 3.65. The molecule has 0 aromatic carbocycles. The van der Waals surface area contributed by atoms with E-state index in [-0.39, 0.29) is 5.78 Å². The van der Waals surface area contributed by atoms with E-state index in [1.807, 2.05) is 18.3 Å². The fraction of sp³-hybridized carbons (Fsp3) is 0.429. The smallest absolute Gasteiger partial charge is 0.155 e. The Kier molecular flexibility index (Phi) is 2.35. The van der Waals surface area contributed by atoms with Crippen molar-refractivity contribution >= 4 is 5.78 Å². The molecule has 1 unspecified atom stereocenters. The van der Waals surface area contributed by atoms with Gasteiger partial charge in [0.05, 0.1) is 5.69 Å². The predicted octanol–water partition coefficient (Wildman–Crippen LogP) is 2.79. The predicted molar refractivity (Wildman–Crippen MR) is 62.2 cm³/mol. The van der Waals surface area contributed by atoms with E-state index in [2.05, 4.69) is 11.1 Å². The van der Waals surface area contributed by atoms with Crippen LogP contribution in [0.4, 0.5) is 0 Å². The molecule has 0 saturated heterocycles. The lowest BCUT2D eigenvalue weighted by Gasteiger charge is -2.25. The van der Waals surface area contributed by atoms with Crippen LogP contribution in [0.15, 0.2) is 30.0 Å². The maximum absolute atomic E-state index is 11.3. The lowest BCUT2D eigenvalue weighted by molar-refractivity contribution is -0.114. The number of hydrogen-bond acceptors (Lipinski definition) is 2. The molecule has 2 heteroatoms. The minimum absolute atomic E-state index is 0.290. The summed E-state index contributed by atoms with van der Waals surface area (Å²) in [6, 6.07) is 4.18. The number of rotatable bonds is 1. The van der Waals surface area contributed by atoms with Crippen molar-refractivity contribution in [3.8, 4) is 0 Å². The van der Waals surface area contributed by atoms with Gasteiger partial charge in [-0.15, -0.1) is 0 Å². The van der Waals surface area contributed by atoms with E-state index >= 15 is 0 Å². The summed E-state index contributed by atoms with van der Waals surface area (Å²) in [5, 5.41) is 0. The van der Waals surface area contributed by atoms with Gasteiger partial charge in [0.25, 0.3) is 0 Å². The van der Waals surface area contributed by atoms with Gasteiger partial charge in [0.2, 0.25) is 0 Å². The summed E-state index contributed by atoms with van der Waals surface area (Å²) < 4.78 is 0. The fourth-order valence-electron chi connectivity index (χ4n) is 2.86. The maximum atomic E-state index is 11.3. The zero-order valence-corrected chi connectivity index (χ0v) is 9.28. The van der Waals surface area contributed by atoms with Crippen LogP contribution in [0.2, 0.25) is 0 Å². The van der Waals surface area contributed by atoms with E-state index in [0.29, 0.717) is 12.3 Å². The maximum Gasteiger partial charge on any atom is 0.155 e. The van der Waals surface area contributed by atoms with Crippen LogP contribution in [0.3, 0.4) is 0 Å². The van der Waals surface area contributed by atoms with Gasteiger partial charge in [0.15, 0.2) is 5.78 Å². The molecule has 82 valence electrons. The third-order valence-electron chi connectivity index (χ3n) is 3.65. The van der Waals surface area contributed by atoms with E-state index in [1.165, 1.54) is 23.3 Å². The molecule has 0 N–H and O–H groups in total. The molecule has 3 rings (SSSR count). The quantitative estimate of drug-likeness (QED) is 0.718. The van der Waals surface area contributed by atoms with Crippen molar-refractivity contribution in [2.75, 3.05) is 0 Å². The van der Waals surface area contributed by atoms with Gasteiger partial charge in [-0.1, -0.05) is 11.6 Å². The van der Waals surface area contributed by atoms with Crippen molar-refractivity contribution in [2.24, 2.45) is 0 Å². The minimum Gasteiger partial charge on any atom is -0.295 e. The summed E-state index contributed by atoms with van der Waals surface area (Å²) in [5.74, 6) is 0.703. The number of aromatic nitrogens is 1. The molecule has 0 saturated carbocycles. The average molecular weight is 213 g/mol. The standard InChI is InChI=1S/C14H15NO/c16-12-7-6-11(9-12)13-5-1-3-10-4-2-8-15-14(10)13/h2,4,8-9,13H,1,3,5-7H2. The van der Waals surface area contributed by atoms with Crippen LogP contribution < -0.4 is 0 Å². The van der Waals surface area contributed by atoms with E-state index < -0.39 is 0 Å². The largest absolute Gasteiger partial charge is 0.295 e. The number of allylic oxidation sites excluding steroid dienone is 2. The number of nitrogens with zero attached hydrogens (tertiary/aromatic N) is 1. The molecule has 0 radical (unpaired) electrons. The Hall–Kier alpha value is -1.44. The molecule has 2 nitrogen and oxygen atoms in total. The summed E-state index contributed by atoms with van der Waals surface area (Å²) in [7, 11) is 0. The van der Waals surface area contributed by atoms with Crippen molar-refractivity contribution in [3.05, 3.63) is 41.2 Å². The summed E-state index contributed by atoms with van der Waals surface area (Å²) in [6.45, 7) is 0. The molecule has 0 amide bonds. The van der Waals surface area contributed by atoms with Gasteiger partial charge in [-0.2, -0.15) is 0 Å². The van der Waals surface area contributed by atoms with Gasteiger partial charge in [-0.05, 0) is 43.4 Å². The van der Waals surface area contributed by atoms with Crippen LogP contribution in [0.1, 0.15) is 42.9 Å². The SMILES string of the molecule is O=C1C=C(C2CCCc3cccnc32)CC1. The summed E-state index contributed by atoms with van der Waals surface area (Å²) >= 11 is 0. The minimum atomic E-state index is 0.290. The van der Waals surface area contributed by atoms with E-state index in [1.54, 1.807) is 0 Å². The molecule has 0 aliphatic heterocycles. The highest BCUT2D eigenvalue weighted by Crippen LogP contribution is 2.38. The number of carbonyl (C=O) groups excluding carboxylic acids is 1. The van der Waals surface area contributed by atoms with Crippen molar-refractivity contribution in [2.45, 2.75) is 38.0 Å². The number of aryl methyl sites for hydroxylation is 1.